The van der Waals surface area contributed by atoms with Gasteiger partial charge < -0.3 is 10.1 Å². The lowest BCUT2D eigenvalue weighted by Gasteiger charge is -2.12. The number of hydrogen-bond donors (Lipinski definition) is 1. The molecule has 0 saturated heterocycles. The molecule has 1 aliphatic heterocycles. The minimum absolute atomic E-state index is 0.382. The second-order valence-corrected chi connectivity index (χ2v) is 3.51. The Morgan fingerprint density at radius 2 is 2.36 bits per heavy atom. The summed E-state index contributed by atoms with van der Waals surface area (Å²) < 4.78 is 18.4. The molecule has 76 valence electrons. The SMILES string of the molecule is COc1cccc2c1NCC(F)CC2. The van der Waals surface area contributed by atoms with E-state index in [4.69, 9.17) is 4.74 Å². The van der Waals surface area contributed by atoms with Gasteiger partial charge in [0.05, 0.1) is 12.8 Å². The molecule has 0 fully saturated rings. The Morgan fingerprint density at radius 1 is 1.50 bits per heavy atom. The van der Waals surface area contributed by atoms with E-state index in [1.165, 1.54) is 0 Å². The highest BCUT2D eigenvalue weighted by Crippen LogP contribution is 2.31. The predicted molar refractivity (Wildman–Crippen MR) is 54.7 cm³/mol. The lowest BCUT2D eigenvalue weighted by atomic mass is 10.1. The zero-order chi connectivity index (χ0) is 9.97. The monoisotopic (exact) mass is 195 g/mol. The van der Waals surface area contributed by atoms with E-state index in [2.05, 4.69) is 5.32 Å². The second kappa shape index (κ2) is 3.86. The minimum Gasteiger partial charge on any atom is -0.495 e. The van der Waals surface area contributed by atoms with Crippen LogP contribution in [0.3, 0.4) is 0 Å². The van der Waals surface area contributed by atoms with Crippen LogP contribution < -0.4 is 10.1 Å². The Balaban J connectivity index is 2.35. The fraction of sp³-hybridized carbons (Fsp3) is 0.455. The lowest BCUT2D eigenvalue weighted by Crippen LogP contribution is -2.12. The Labute approximate surface area is 83.1 Å². The van der Waals surface area contributed by atoms with Gasteiger partial charge in [-0.05, 0) is 24.5 Å². The lowest BCUT2D eigenvalue weighted by molar-refractivity contribution is 0.333. The predicted octanol–water partition coefficient (Wildman–Crippen LogP) is 2.39. The van der Waals surface area contributed by atoms with Crippen LogP contribution in [0.15, 0.2) is 18.2 Å². The summed E-state index contributed by atoms with van der Waals surface area (Å²) in [5.74, 6) is 0.802. The number of anilines is 1. The van der Waals surface area contributed by atoms with Crippen LogP contribution in [-0.4, -0.2) is 19.8 Å². The van der Waals surface area contributed by atoms with Gasteiger partial charge in [0, 0.05) is 6.54 Å². The van der Waals surface area contributed by atoms with Crippen LogP contribution in [0.4, 0.5) is 10.1 Å². The van der Waals surface area contributed by atoms with Gasteiger partial charge in [0.1, 0.15) is 11.9 Å². The number of para-hydroxylation sites is 1. The fourth-order valence-electron chi connectivity index (χ4n) is 1.78. The molecule has 1 unspecified atom stereocenters. The number of ether oxygens (including phenoxy) is 1. The van der Waals surface area contributed by atoms with Gasteiger partial charge in [-0.3, -0.25) is 0 Å². The molecule has 1 aromatic rings. The average molecular weight is 195 g/mol. The van der Waals surface area contributed by atoms with Gasteiger partial charge in [-0.2, -0.15) is 0 Å². The third-order valence-electron chi connectivity index (χ3n) is 2.56. The number of nitrogens with one attached hydrogen (secondary N) is 1. The van der Waals surface area contributed by atoms with Crippen molar-refractivity contribution >= 4 is 5.69 Å². The Hall–Kier alpha value is -1.25. The van der Waals surface area contributed by atoms with Gasteiger partial charge in [0.15, 0.2) is 0 Å². The topological polar surface area (TPSA) is 21.3 Å². The van der Waals surface area contributed by atoms with Crippen molar-refractivity contribution in [2.45, 2.75) is 19.0 Å². The van der Waals surface area contributed by atoms with Crippen LogP contribution in [0.25, 0.3) is 0 Å². The van der Waals surface area contributed by atoms with Gasteiger partial charge >= 0.3 is 0 Å². The summed E-state index contributed by atoms with van der Waals surface area (Å²) in [6, 6.07) is 5.85. The van der Waals surface area contributed by atoms with E-state index in [1.807, 2.05) is 18.2 Å². The van der Waals surface area contributed by atoms with E-state index in [0.29, 0.717) is 13.0 Å². The first-order valence-electron chi connectivity index (χ1n) is 4.85. The van der Waals surface area contributed by atoms with Crippen molar-refractivity contribution in [3.8, 4) is 5.75 Å². The average Bonchev–Trinajstić information content (AvgIpc) is 2.41. The van der Waals surface area contributed by atoms with Crippen molar-refractivity contribution in [3.63, 3.8) is 0 Å². The molecule has 3 heteroatoms. The number of aryl methyl sites for hydroxylation is 1. The third kappa shape index (κ3) is 1.67. The third-order valence-corrected chi connectivity index (χ3v) is 2.56. The van der Waals surface area contributed by atoms with E-state index >= 15 is 0 Å². The molecule has 1 N–H and O–H groups in total. The van der Waals surface area contributed by atoms with Crippen molar-refractivity contribution < 1.29 is 9.13 Å². The summed E-state index contributed by atoms with van der Waals surface area (Å²) in [7, 11) is 1.63. The highest BCUT2D eigenvalue weighted by atomic mass is 19.1. The van der Waals surface area contributed by atoms with Crippen LogP contribution in [-0.2, 0) is 6.42 Å². The number of hydrogen-bond acceptors (Lipinski definition) is 2. The number of benzene rings is 1. The molecular formula is C11H14FNO. The van der Waals surface area contributed by atoms with Gasteiger partial charge in [-0.1, -0.05) is 12.1 Å². The molecule has 1 aromatic carbocycles. The number of rotatable bonds is 1. The van der Waals surface area contributed by atoms with Crippen molar-refractivity contribution in [3.05, 3.63) is 23.8 Å². The minimum atomic E-state index is -0.757. The maximum atomic E-state index is 13.1. The standard InChI is InChI=1S/C11H14FNO/c1-14-10-4-2-3-8-5-6-9(12)7-13-11(8)10/h2-4,9,13H,5-7H2,1H3. The first kappa shape index (κ1) is 9.31. The van der Waals surface area contributed by atoms with Crippen LogP contribution >= 0.6 is 0 Å². The summed E-state index contributed by atoms with van der Waals surface area (Å²) in [6.45, 7) is 0.382. The first-order valence-corrected chi connectivity index (χ1v) is 4.85. The molecule has 0 radical (unpaired) electrons. The van der Waals surface area contributed by atoms with Crippen LogP contribution in [0.5, 0.6) is 5.75 Å². The molecule has 0 spiro atoms. The number of alkyl halides is 1. The van der Waals surface area contributed by atoms with Crippen molar-refractivity contribution in [2.24, 2.45) is 0 Å². The number of halogens is 1. The number of methoxy groups -OCH3 is 1. The smallest absolute Gasteiger partial charge is 0.142 e. The zero-order valence-electron chi connectivity index (χ0n) is 8.22. The first-order chi connectivity index (χ1) is 6.81. The largest absolute Gasteiger partial charge is 0.495 e. The summed E-state index contributed by atoms with van der Waals surface area (Å²) in [6.07, 6.45) is 0.612. The molecule has 1 heterocycles. The molecule has 1 atom stereocenters. The van der Waals surface area contributed by atoms with Crippen molar-refractivity contribution in [1.82, 2.24) is 0 Å². The second-order valence-electron chi connectivity index (χ2n) is 3.51. The van der Waals surface area contributed by atoms with Gasteiger partial charge in [-0.25, -0.2) is 4.39 Å². The highest BCUT2D eigenvalue weighted by Gasteiger charge is 2.16. The highest BCUT2D eigenvalue weighted by molar-refractivity contribution is 5.62. The van der Waals surface area contributed by atoms with Crippen LogP contribution in [0.1, 0.15) is 12.0 Å². The molecule has 0 saturated carbocycles. The van der Waals surface area contributed by atoms with Crippen molar-refractivity contribution in [2.75, 3.05) is 19.0 Å². The molecule has 2 nitrogen and oxygen atoms in total. The van der Waals surface area contributed by atoms with E-state index < -0.39 is 6.17 Å². The van der Waals surface area contributed by atoms with Crippen LogP contribution in [0, 0.1) is 0 Å². The Kier molecular flexibility index (Phi) is 2.57. The molecule has 0 bridgehead atoms. The molecule has 0 aromatic heterocycles. The summed E-state index contributed by atoms with van der Waals surface area (Å²) in [5, 5.41) is 3.09. The maximum Gasteiger partial charge on any atom is 0.142 e. The zero-order valence-corrected chi connectivity index (χ0v) is 8.22. The summed E-state index contributed by atoms with van der Waals surface area (Å²) >= 11 is 0. The van der Waals surface area contributed by atoms with E-state index in [9.17, 15) is 4.39 Å². The van der Waals surface area contributed by atoms with Gasteiger partial charge in [0.25, 0.3) is 0 Å². The van der Waals surface area contributed by atoms with E-state index in [1.54, 1.807) is 7.11 Å². The van der Waals surface area contributed by atoms with Gasteiger partial charge in [0.2, 0.25) is 0 Å². The summed E-state index contributed by atoms with van der Waals surface area (Å²) in [5.41, 5.74) is 2.10. The molecule has 1 aliphatic rings. The molecule has 2 rings (SSSR count). The summed E-state index contributed by atoms with van der Waals surface area (Å²) in [4.78, 5) is 0. The van der Waals surface area contributed by atoms with Crippen LogP contribution in [0.2, 0.25) is 0 Å². The maximum absolute atomic E-state index is 13.1. The van der Waals surface area contributed by atoms with E-state index in [-0.39, 0.29) is 0 Å². The fourth-order valence-corrected chi connectivity index (χ4v) is 1.78. The van der Waals surface area contributed by atoms with Crippen molar-refractivity contribution in [1.29, 1.82) is 0 Å². The number of fused-ring (bicyclic) bond motifs is 1. The molecule has 14 heavy (non-hydrogen) atoms. The Bertz CT molecular complexity index is 327. The molecular weight excluding hydrogens is 181 g/mol. The van der Waals surface area contributed by atoms with E-state index in [0.717, 1.165) is 23.4 Å². The quantitative estimate of drug-likeness (QED) is 0.743. The van der Waals surface area contributed by atoms with Gasteiger partial charge in [-0.15, -0.1) is 0 Å². The normalized spacial score (nSPS) is 20.6. The Morgan fingerprint density at radius 3 is 3.14 bits per heavy atom. The molecule has 0 amide bonds. The molecule has 0 aliphatic carbocycles.